The summed E-state index contributed by atoms with van der Waals surface area (Å²) >= 11 is 7.14. The molecule has 3 aromatic rings. The Morgan fingerprint density at radius 2 is 1.74 bits per heavy atom. The fourth-order valence-electron chi connectivity index (χ4n) is 2.12. The van der Waals surface area contributed by atoms with Gasteiger partial charge in [0, 0.05) is 12.7 Å². The topological polar surface area (TPSA) is 8.17 Å². The minimum Gasteiger partial charge on any atom is -0.357 e. The Morgan fingerprint density at radius 1 is 1.05 bits per heavy atom. The molecule has 0 bridgehead atoms. The number of thiazole rings is 1. The first-order chi connectivity index (χ1) is 9.25. The van der Waals surface area contributed by atoms with Crippen LogP contribution in [-0.2, 0) is 6.67 Å². The highest BCUT2D eigenvalue weighted by molar-refractivity contribution is 7.73. The lowest BCUT2D eigenvalue weighted by Crippen LogP contribution is -2.20. The van der Waals surface area contributed by atoms with Crippen LogP contribution < -0.4 is 4.90 Å². The molecule has 2 aromatic carbocycles. The van der Waals surface area contributed by atoms with Gasteiger partial charge in [0.25, 0.3) is 0 Å². The molecule has 0 amide bonds. The zero-order chi connectivity index (χ0) is 13.2. The summed E-state index contributed by atoms with van der Waals surface area (Å²) < 4.78 is 4.35. The number of para-hydroxylation sites is 2. The van der Waals surface area contributed by atoms with Crippen LogP contribution in [0.4, 0.5) is 5.69 Å². The predicted molar refractivity (Wildman–Crippen MR) is 85.5 cm³/mol. The average molecular weight is 286 g/mol. The van der Waals surface area contributed by atoms with Crippen molar-refractivity contribution in [2.75, 3.05) is 11.9 Å². The van der Waals surface area contributed by atoms with E-state index in [-0.39, 0.29) is 0 Å². The van der Waals surface area contributed by atoms with Crippen LogP contribution in [0.15, 0.2) is 54.6 Å². The summed E-state index contributed by atoms with van der Waals surface area (Å²) in [6.45, 7) is 0.771. The van der Waals surface area contributed by atoms with E-state index in [4.69, 9.17) is 12.2 Å². The second-order valence-corrected chi connectivity index (χ2v) is 6.11. The van der Waals surface area contributed by atoms with E-state index in [0.717, 1.165) is 10.6 Å². The molecule has 2 nitrogen and oxygen atoms in total. The fourth-order valence-corrected chi connectivity index (χ4v) is 3.43. The van der Waals surface area contributed by atoms with Gasteiger partial charge >= 0.3 is 0 Å². The number of hydrogen-bond acceptors (Lipinski definition) is 3. The molecule has 0 saturated carbocycles. The molecule has 0 spiro atoms. The van der Waals surface area contributed by atoms with Crippen molar-refractivity contribution in [3.05, 3.63) is 58.6 Å². The first-order valence-electron chi connectivity index (χ1n) is 6.10. The molecule has 0 N–H and O–H groups in total. The van der Waals surface area contributed by atoms with Gasteiger partial charge in [-0.05, 0) is 36.5 Å². The number of rotatable bonds is 3. The Morgan fingerprint density at radius 3 is 2.53 bits per heavy atom. The van der Waals surface area contributed by atoms with E-state index in [1.54, 1.807) is 11.3 Å². The maximum absolute atomic E-state index is 5.48. The number of hydrogen-bond donors (Lipinski definition) is 0. The highest BCUT2D eigenvalue weighted by Crippen LogP contribution is 2.24. The third-order valence-corrected chi connectivity index (χ3v) is 4.55. The number of fused-ring (bicyclic) bond motifs is 1. The van der Waals surface area contributed by atoms with Gasteiger partial charge in [-0.2, -0.15) is 0 Å². The third-order valence-electron chi connectivity index (χ3n) is 3.12. The maximum atomic E-state index is 5.48. The molecule has 4 heteroatoms. The SMILES string of the molecule is CN(Cn1c(=S)sc2ccccc21)c1ccccc1. The van der Waals surface area contributed by atoms with E-state index in [2.05, 4.69) is 65.0 Å². The summed E-state index contributed by atoms with van der Waals surface area (Å²) in [7, 11) is 2.09. The van der Waals surface area contributed by atoms with Crippen molar-refractivity contribution in [2.24, 2.45) is 0 Å². The molecule has 96 valence electrons. The van der Waals surface area contributed by atoms with Gasteiger partial charge in [0.2, 0.25) is 0 Å². The summed E-state index contributed by atoms with van der Waals surface area (Å²) in [4.78, 5) is 2.20. The molecule has 0 aliphatic rings. The molecule has 0 fully saturated rings. The molecule has 0 aliphatic heterocycles. The highest BCUT2D eigenvalue weighted by Gasteiger charge is 2.07. The molecule has 1 heterocycles. The normalized spacial score (nSPS) is 10.8. The molecular weight excluding hydrogens is 272 g/mol. The Labute approximate surface area is 121 Å². The Bertz CT molecular complexity index is 743. The van der Waals surface area contributed by atoms with Gasteiger partial charge < -0.3 is 9.47 Å². The Balaban J connectivity index is 1.98. The summed E-state index contributed by atoms with van der Waals surface area (Å²) in [5.74, 6) is 0. The van der Waals surface area contributed by atoms with Gasteiger partial charge in [0.15, 0.2) is 3.95 Å². The molecule has 0 saturated heterocycles. The largest absolute Gasteiger partial charge is 0.357 e. The van der Waals surface area contributed by atoms with E-state index in [9.17, 15) is 0 Å². The van der Waals surface area contributed by atoms with Crippen LogP contribution in [0.25, 0.3) is 10.2 Å². The smallest absolute Gasteiger partial charge is 0.163 e. The molecule has 1 aromatic heterocycles. The fraction of sp³-hybridized carbons (Fsp3) is 0.133. The maximum Gasteiger partial charge on any atom is 0.163 e. The highest BCUT2D eigenvalue weighted by atomic mass is 32.1. The lowest BCUT2D eigenvalue weighted by Gasteiger charge is -2.20. The quantitative estimate of drug-likeness (QED) is 0.654. The molecule has 0 aliphatic carbocycles. The predicted octanol–water partition coefficient (Wildman–Crippen LogP) is 4.53. The lowest BCUT2D eigenvalue weighted by atomic mass is 10.3. The average Bonchev–Trinajstić information content (AvgIpc) is 2.76. The van der Waals surface area contributed by atoms with Gasteiger partial charge in [-0.1, -0.05) is 30.3 Å². The van der Waals surface area contributed by atoms with Crippen molar-refractivity contribution < 1.29 is 0 Å². The van der Waals surface area contributed by atoms with Crippen molar-refractivity contribution in [3.8, 4) is 0 Å². The molecule has 0 unspecified atom stereocenters. The molecular formula is C15H14N2S2. The monoisotopic (exact) mass is 286 g/mol. The third kappa shape index (κ3) is 2.41. The second-order valence-electron chi connectivity index (χ2n) is 4.44. The van der Waals surface area contributed by atoms with Gasteiger partial charge in [-0.25, -0.2) is 0 Å². The lowest BCUT2D eigenvalue weighted by molar-refractivity contribution is 0.706. The van der Waals surface area contributed by atoms with Crippen molar-refractivity contribution in [3.63, 3.8) is 0 Å². The molecule has 3 rings (SSSR count). The van der Waals surface area contributed by atoms with E-state index >= 15 is 0 Å². The second kappa shape index (κ2) is 5.15. The number of aromatic nitrogens is 1. The van der Waals surface area contributed by atoms with Crippen LogP contribution >= 0.6 is 23.6 Å². The van der Waals surface area contributed by atoms with Gasteiger partial charge in [-0.3, -0.25) is 0 Å². The van der Waals surface area contributed by atoms with Crippen LogP contribution in [-0.4, -0.2) is 11.6 Å². The van der Waals surface area contributed by atoms with E-state index in [1.165, 1.54) is 15.9 Å². The van der Waals surface area contributed by atoms with Gasteiger partial charge in [0.1, 0.15) is 0 Å². The van der Waals surface area contributed by atoms with Gasteiger partial charge in [-0.15, -0.1) is 11.3 Å². The standard InChI is InChI=1S/C15H14N2S2/c1-16(12-7-3-2-4-8-12)11-17-13-9-5-6-10-14(13)19-15(17)18/h2-10H,11H2,1H3. The Hall–Kier alpha value is -1.65. The summed E-state index contributed by atoms with van der Waals surface area (Å²) in [5.41, 5.74) is 2.40. The van der Waals surface area contributed by atoms with Crippen LogP contribution in [0.1, 0.15) is 0 Å². The molecule has 0 radical (unpaired) electrons. The summed E-state index contributed by atoms with van der Waals surface area (Å²) in [6.07, 6.45) is 0. The van der Waals surface area contributed by atoms with Crippen LogP contribution in [0.3, 0.4) is 0 Å². The van der Waals surface area contributed by atoms with E-state index < -0.39 is 0 Å². The number of nitrogens with zero attached hydrogens (tertiary/aromatic N) is 2. The van der Waals surface area contributed by atoms with Crippen LogP contribution in [0.2, 0.25) is 0 Å². The summed E-state index contributed by atoms with van der Waals surface area (Å²) in [5, 5.41) is 0. The van der Waals surface area contributed by atoms with Crippen molar-refractivity contribution in [1.29, 1.82) is 0 Å². The van der Waals surface area contributed by atoms with Crippen LogP contribution in [0, 0.1) is 3.95 Å². The molecule has 0 atom stereocenters. The Kier molecular flexibility index (Phi) is 3.36. The summed E-state index contributed by atoms with van der Waals surface area (Å²) in [6, 6.07) is 18.7. The first-order valence-corrected chi connectivity index (χ1v) is 7.33. The minimum atomic E-state index is 0.771. The van der Waals surface area contributed by atoms with Crippen molar-refractivity contribution in [2.45, 2.75) is 6.67 Å². The minimum absolute atomic E-state index is 0.771. The zero-order valence-electron chi connectivity index (χ0n) is 10.6. The number of benzene rings is 2. The number of anilines is 1. The van der Waals surface area contributed by atoms with Crippen molar-refractivity contribution >= 4 is 39.5 Å². The van der Waals surface area contributed by atoms with E-state index in [1.807, 2.05) is 6.07 Å². The van der Waals surface area contributed by atoms with E-state index in [0.29, 0.717) is 0 Å². The van der Waals surface area contributed by atoms with Gasteiger partial charge in [0.05, 0.1) is 16.9 Å². The molecule has 19 heavy (non-hydrogen) atoms. The van der Waals surface area contributed by atoms with Crippen molar-refractivity contribution in [1.82, 2.24) is 4.57 Å². The van der Waals surface area contributed by atoms with Crippen LogP contribution in [0.5, 0.6) is 0 Å². The first kappa shape index (κ1) is 12.4. The zero-order valence-corrected chi connectivity index (χ0v) is 12.2.